The second-order valence-electron chi connectivity index (χ2n) is 5.34. The third kappa shape index (κ3) is 2.53. The summed E-state index contributed by atoms with van der Waals surface area (Å²) in [6, 6.07) is 2.70. The number of alkyl halides is 3. The molecule has 0 radical (unpaired) electrons. The number of rotatable bonds is 4. The summed E-state index contributed by atoms with van der Waals surface area (Å²) in [7, 11) is 0. The van der Waals surface area contributed by atoms with Gasteiger partial charge in [0.05, 0.1) is 10.5 Å². The molecule has 1 aromatic carbocycles. The number of non-ortho nitro benzene ring substituents is 1. The Kier molecular flexibility index (Phi) is 4.12. The van der Waals surface area contributed by atoms with Crippen molar-refractivity contribution in [2.24, 2.45) is 0 Å². The van der Waals surface area contributed by atoms with Crippen LogP contribution in [0.25, 0.3) is 0 Å². The molecule has 22 heavy (non-hydrogen) atoms. The molecule has 1 saturated heterocycles. The van der Waals surface area contributed by atoms with Crippen molar-refractivity contribution in [3.63, 3.8) is 0 Å². The highest BCUT2D eigenvalue weighted by Gasteiger charge is 2.48. The summed E-state index contributed by atoms with van der Waals surface area (Å²) in [5.41, 5.74) is -5.16. The van der Waals surface area contributed by atoms with E-state index in [9.17, 15) is 27.7 Å². The lowest BCUT2D eigenvalue weighted by Gasteiger charge is -2.43. The molecule has 0 spiro atoms. The number of halogens is 4. The van der Waals surface area contributed by atoms with Gasteiger partial charge in [0.2, 0.25) is 0 Å². The summed E-state index contributed by atoms with van der Waals surface area (Å²) in [6.07, 6.45) is -0.664. The predicted molar refractivity (Wildman–Crippen MR) is 72.0 cm³/mol. The van der Waals surface area contributed by atoms with Gasteiger partial charge in [-0.15, -0.1) is 0 Å². The van der Waals surface area contributed by atoms with E-state index in [4.69, 9.17) is 0 Å². The molecule has 0 amide bonds. The maximum absolute atomic E-state index is 14.1. The Labute approximate surface area is 124 Å². The highest BCUT2D eigenvalue weighted by atomic mass is 19.2. The van der Waals surface area contributed by atoms with E-state index in [0.717, 1.165) is 18.2 Å². The first kappa shape index (κ1) is 16.3. The van der Waals surface area contributed by atoms with Gasteiger partial charge in [-0.1, -0.05) is 6.58 Å². The molecule has 1 aromatic rings. The van der Waals surface area contributed by atoms with E-state index >= 15 is 0 Å². The second-order valence-corrected chi connectivity index (χ2v) is 5.34. The van der Waals surface area contributed by atoms with Gasteiger partial charge >= 0.3 is 0 Å². The SMILES string of the molecule is C=C1N[C@](CF)(c2cc([N+](=O)[O-])ccc2F)CCC1(F)CF. The third-order valence-corrected chi connectivity index (χ3v) is 4.00. The fraction of sp³-hybridized carbons (Fsp3) is 0.429. The number of nitrogens with one attached hydrogen (secondary N) is 1. The van der Waals surface area contributed by atoms with E-state index in [1.54, 1.807) is 0 Å². The predicted octanol–water partition coefficient (Wildman–Crippen LogP) is 3.47. The molecule has 2 atom stereocenters. The quantitative estimate of drug-likeness (QED) is 0.525. The van der Waals surface area contributed by atoms with E-state index in [1.165, 1.54) is 0 Å². The largest absolute Gasteiger partial charge is 0.374 e. The molecule has 1 N–H and O–H groups in total. The van der Waals surface area contributed by atoms with Crippen LogP contribution < -0.4 is 5.32 Å². The van der Waals surface area contributed by atoms with E-state index in [0.29, 0.717) is 0 Å². The molecule has 0 aromatic heterocycles. The summed E-state index contributed by atoms with van der Waals surface area (Å²) < 4.78 is 54.6. The summed E-state index contributed by atoms with van der Waals surface area (Å²) in [4.78, 5) is 10.1. The fourth-order valence-corrected chi connectivity index (χ4v) is 2.54. The van der Waals surface area contributed by atoms with Crippen molar-refractivity contribution in [2.75, 3.05) is 13.3 Å². The molecule has 120 valence electrons. The van der Waals surface area contributed by atoms with Gasteiger partial charge in [-0.2, -0.15) is 0 Å². The Morgan fingerprint density at radius 3 is 2.50 bits per heavy atom. The number of nitro benzene ring substituents is 1. The van der Waals surface area contributed by atoms with E-state index in [1.807, 2.05) is 0 Å². The van der Waals surface area contributed by atoms with Gasteiger partial charge < -0.3 is 5.32 Å². The lowest BCUT2D eigenvalue weighted by molar-refractivity contribution is -0.385. The Balaban J connectivity index is 2.47. The van der Waals surface area contributed by atoms with Crippen molar-refractivity contribution in [2.45, 2.75) is 24.0 Å². The molecule has 1 aliphatic rings. The van der Waals surface area contributed by atoms with E-state index in [-0.39, 0.29) is 12.0 Å². The molecule has 1 unspecified atom stereocenters. The zero-order valence-electron chi connectivity index (χ0n) is 11.5. The standard InChI is InChI=1S/C14H14F4N2O2/c1-9-13(18,7-15)4-5-14(8-16,19-9)11-6-10(20(21)22)2-3-12(11)17/h2-3,6,19H,1,4-5,7-8H2/t13?,14-/m1/s1. The fourth-order valence-electron chi connectivity index (χ4n) is 2.54. The average Bonchev–Trinajstić information content (AvgIpc) is 2.50. The van der Waals surface area contributed by atoms with Crippen molar-refractivity contribution in [1.29, 1.82) is 0 Å². The molecule has 2 rings (SSSR count). The number of nitro groups is 1. The first-order valence-electron chi connectivity index (χ1n) is 6.51. The van der Waals surface area contributed by atoms with Crippen LogP contribution in [0.3, 0.4) is 0 Å². The molecule has 0 bridgehead atoms. The Hall–Kier alpha value is -2.12. The normalized spacial score (nSPS) is 28.3. The highest BCUT2D eigenvalue weighted by molar-refractivity contribution is 5.41. The Morgan fingerprint density at radius 2 is 2.00 bits per heavy atom. The van der Waals surface area contributed by atoms with E-state index < -0.39 is 53.1 Å². The summed E-state index contributed by atoms with van der Waals surface area (Å²) >= 11 is 0. The van der Waals surface area contributed by atoms with Crippen molar-refractivity contribution in [1.82, 2.24) is 5.32 Å². The Morgan fingerprint density at radius 1 is 1.32 bits per heavy atom. The molecule has 0 saturated carbocycles. The van der Waals surface area contributed by atoms with Crippen LogP contribution in [-0.2, 0) is 5.54 Å². The van der Waals surface area contributed by atoms with Gasteiger partial charge in [0.1, 0.15) is 19.2 Å². The zero-order valence-corrected chi connectivity index (χ0v) is 11.5. The van der Waals surface area contributed by atoms with Gasteiger partial charge in [0.25, 0.3) is 5.69 Å². The van der Waals surface area contributed by atoms with Crippen LogP contribution in [0.2, 0.25) is 0 Å². The summed E-state index contributed by atoms with van der Waals surface area (Å²) in [5, 5.41) is 13.2. The van der Waals surface area contributed by atoms with Gasteiger partial charge in [-0.3, -0.25) is 10.1 Å². The maximum atomic E-state index is 14.1. The van der Waals surface area contributed by atoms with Crippen molar-refractivity contribution < 1.29 is 22.5 Å². The van der Waals surface area contributed by atoms with Crippen LogP contribution in [-0.4, -0.2) is 23.9 Å². The monoisotopic (exact) mass is 318 g/mol. The summed E-state index contributed by atoms with van der Waals surface area (Å²) in [6.45, 7) is 0.864. The highest BCUT2D eigenvalue weighted by Crippen LogP contribution is 2.42. The number of benzene rings is 1. The molecular weight excluding hydrogens is 304 g/mol. The smallest absolute Gasteiger partial charge is 0.270 e. The average molecular weight is 318 g/mol. The number of piperidine rings is 1. The lowest BCUT2D eigenvalue weighted by atomic mass is 9.77. The van der Waals surface area contributed by atoms with E-state index in [2.05, 4.69) is 11.9 Å². The molecule has 0 aliphatic carbocycles. The van der Waals surface area contributed by atoms with Crippen molar-refractivity contribution in [3.05, 3.63) is 52.0 Å². The molecule has 1 aliphatic heterocycles. The van der Waals surface area contributed by atoms with Crippen molar-refractivity contribution >= 4 is 5.69 Å². The zero-order chi connectivity index (χ0) is 16.5. The number of hydrogen-bond donors (Lipinski definition) is 1. The van der Waals surface area contributed by atoms with Crippen LogP contribution in [0.1, 0.15) is 18.4 Å². The van der Waals surface area contributed by atoms with Crippen molar-refractivity contribution in [3.8, 4) is 0 Å². The van der Waals surface area contributed by atoms with Gasteiger partial charge in [-0.25, -0.2) is 17.6 Å². The topological polar surface area (TPSA) is 55.2 Å². The van der Waals surface area contributed by atoms with Gasteiger partial charge in [0.15, 0.2) is 5.67 Å². The minimum absolute atomic E-state index is 0.263. The molecule has 4 nitrogen and oxygen atoms in total. The van der Waals surface area contributed by atoms with Crippen LogP contribution in [0.5, 0.6) is 0 Å². The third-order valence-electron chi connectivity index (χ3n) is 4.00. The van der Waals surface area contributed by atoms with Gasteiger partial charge in [0, 0.05) is 23.4 Å². The molecule has 8 heteroatoms. The molecular formula is C14H14F4N2O2. The minimum Gasteiger partial charge on any atom is -0.374 e. The number of nitrogens with zero attached hydrogens (tertiary/aromatic N) is 1. The number of allylic oxidation sites excluding steroid dienone is 1. The van der Waals surface area contributed by atoms with Gasteiger partial charge in [-0.05, 0) is 18.9 Å². The first-order chi connectivity index (χ1) is 10.3. The lowest BCUT2D eigenvalue weighted by Crippen LogP contribution is -2.54. The molecule has 1 fully saturated rings. The Bertz CT molecular complexity index is 625. The van der Waals surface area contributed by atoms with Crippen LogP contribution in [0.15, 0.2) is 30.5 Å². The minimum atomic E-state index is -2.35. The number of hydrogen-bond acceptors (Lipinski definition) is 3. The maximum Gasteiger partial charge on any atom is 0.270 e. The molecule has 1 heterocycles. The van der Waals surface area contributed by atoms with Crippen LogP contribution in [0, 0.1) is 15.9 Å². The summed E-state index contributed by atoms with van der Waals surface area (Å²) in [5.74, 6) is -0.866. The first-order valence-corrected chi connectivity index (χ1v) is 6.51. The van der Waals surface area contributed by atoms with Crippen LogP contribution >= 0.6 is 0 Å². The second kappa shape index (κ2) is 5.58. The van der Waals surface area contributed by atoms with Crippen LogP contribution in [0.4, 0.5) is 23.2 Å².